The standard InChI is InChI=1S/C20H26N6O2/c1-5-10-24-18(27)16-17(23(4)20(24)28)21-19-25(16)11-14(3)22-26(19)12-15-8-6-13(2)7-9-15/h5-9,16-17,19,21H,1,10-12H2,2-4H3. The third kappa shape index (κ3) is 2.98. The average Bonchev–Trinajstić information content (AvgIpc) is 3.05. The number of imide groups is 1. The van der Waals surface area contributed by atoms with Crippen LogP contribution in [0, 0.1) is 6.92 Å². The number of amides is 3. The molecule has 1 N–H and O–H groups in total. The Morgan fingerprint density at radius 2 is 1.96 bits per heavy atom. The summed E-state index contributed by atoms with van der Waals surface area (Å²) >= 11 is 0. The molecule has 28 heavy (non-hydrogen) atoms. The number of likely N-dealkylation sites (N-methyl/N-ethyl adjacent to an activating group) is 1. The molecule has 3 amide bonds. The quantitative estimate of drug-likeness (QED) is 0.791. The van der Waals surface area contributed by atoms with E-state index in [4.69, 9.17) is 5.10 Å². The van der Waals surface area contributed by atoms with Crippen molar-refractivity contribution in [2.75, 3.05) is 20.1 Å². The molecule has 2 fully saturated rings. The Morgan fingerprint density at radius 3 is 2.64 bits per heavy atom. The second-order valence-electron chi connectivity index (χ2n) is 7.65. The molecule has 3 aliphatic heterocycles. The first-order valence-corrected chi connectivity index (χ1v) is 9.48. The van der Waals surface area contributed by atoms with Gasteiger partial charge in [0, 0.05) is 25.8 Å². The number of carbonyl (C=O) groups is 2. The number of urea groups is 1. The van der Waals surface area contributed by atoms with E-state index in [1.54, 1.807) is 18.0 Å². The fraction of sp³-hybridized carbons (Fsp3) is 0.450. The van der Waals surface area contributed by atoms with Crippen LogP contribution >= 0.6 is 0 Å². The lowest BCUT2D eigenvalue weighted by molar-refractivity contribution is -0.138. The minimum absolute atomic E-state index is 0.187. The predicted molar refractivity (Wildman–Crippen MR) is 106 cm³/mol. The third-order valence-electron chi connectivity index (χ3n) is 5.53. The van der Waals surface area contributed by atoms with Gasteiger partial charge in [0.05, 0.1) is 6.54 Å². The summed E-state index contributed by atoms with van der Waals surface area (Å²) in [5, 5.41) is 10.1. The lowest BCUT2D eigenvalue weighted by Crippen LogP contribution is -2.66. The van der Waals surface area contributed by atoms with Crippen molar-refractivity contribution in [1.82, 2.24) is 25.0 Å². The number of nitrogens with one attached hydrogen (secondary N) is 1. The van der Waals surface area contributed by atoms with E-state index < -0.39 is 6.04 Å². The van der Waals surface area contributed by atoms with Crippen molar-refractivity contribution < 1.29 is 9.59 Å². The summed E-state index contributed by atoms with van der Waals surface area (Å²) in [5.41, 5.74) is 3.29. The smallest absolute Gasteiger partial charge is 0.310 e. The highest BCUT2D eigenvalue weighted by Crippen LogP contribution is 2.30. The molecule has 0 aliphatic carbocycles. The van der Waals surface area contributed by atoms with E-state index in [0.717, 1.165) is 11.3 Å². The Labute approximate surface area is 165 Å². The van der Waals surface area contributed by atoms with Gasteiger partial charge in [-0.1, -0.05) is 35.9 Å². The number of carbonyl (C=O) groups excluding carboxylic acids is 2. The number of benzene rings is 1. The SMILES string of the molecule is C=CCN1C(=O)C2C(NC3N(Cc4ccc(C)cc4)N=C(C)CN23)N(C)C1=O. The van der Waals surface area contributed by atoms with Crippen LogP contribution in [0.3, 0.4) is 0 Å². The first kappa shape index (κ1) is 18.6. The molecule has 4 rings (SSSR count). The number of nitrogens with zero attached hydrogens (tertiary/aromatic N) is 5. The van der Waals surface area contributed by atoms with Gasteiger partial charge in [-0.25, -0.2) is 9.69 Å². The zero-order valence-corrected chi connectivity index (χ0v) is 16.5. The molecule has 1 aromatic carbocycles. The van der Waals surface area contributed by atoms with Crippen LogP contribution in [-0.2, 0) is 11.3 Å². The second-order valence-corrected chi connectivity index (χ2v) is 7.65. The lowest BCUT2D eigenvalue weighted by atomic mass is 10.1. The van der Waals surface area contributed by atoms with Gasteiger partial charge in [-0.2, -0.15) is 5.10 Å². The molecule has 3 unspecified atom stereocenters. The van der Waals surface area contributed by atoms with Gasteiger partial charge in [-0.05, 0) is 19.4 Å². The van der Waals surface area contributed by atoms with Crippen LogP contribution in [0.1, 0.15) is 18.1 Å². The van der Waals surface area contributed by atoms with Crippen LogP contribution in [-0.4, -0.2) is 76.0 Å². The van der Waals surface area contributed by atoms with Gasteiger partial charge in [0.2, 0.25) is 0 Å². The van der Waals surface area contributed by atoms with Crippen molar-refractivity contribution in [3.8, 4) is 0 Å². The number of fused-ring (bicyclic) bond motifs is 3. The Balaban J connectivity index is 1.63. The average molecular weight is 382 g/mol. The molecule has 0 saturated carbocycles. The minimum atomic E-state index is -0.446. The van der Waals surface area contributed by atoms with Crippen LogP contribution in [0.5, 0.6) is 0 Å². The van der Waals surface area contributed by atoms with Gasteiger partial charge in [-0.3, -0.25) is 20.0 Å². The van der Waals surface area contributed by atoms with Crippen LogP contribution in [0.2, 0.25) is 0 Å². The van der Waals surface area contributed by atoms with E-state index in [-0.39, 0.29) is 30.9 Å². The molecule has 0 bridgehead atoms. The number of hydrazone groups is 1. The van der Waals surface area contributed by atoms with Crippen molar-refractivity contribution >= 4 is 17.6 Å². The largest absolute Gasteiger partial charge is 0.328 e. The van der Waals surface area contributed by atoms with E-state index in [1.165, 1.54) is 10.5 Å². The molecule has 1 aromatic rings. The van der Waals surface area contributed by atoms with E-state index in [2.05, 4.69) is 48.0 Å². The van der Waals surface area contributed by atoms with E-state index in [0.29, 0.717) is 13.1 Å². The third-order valence-corrected chi connectivity index (χ3v) is 5.53. The van der Waals surface area contributed by atoms with Crippen molar-refractivity contribution in [2.24, 2.45) is 5.10 Å². The Morgan fingerprint density at radius 1 is 1.25 bits per heavy atom. The maximum Gasteiger partial charge on any atom is 0.328 e. The monoisotopic (exact) mass is 382 g/mol. The molecule has 3 atom stereocenters. The summed E-state index contributed by atoms with van der Waals surface area (Å²) in [7, 11) is 1.73. The van der Waals surface area contributed by atoms with E-state index in [9.17, 15) is 9.59 Å². The topological polar surface area (TPSA) is 71.5 Å². The predicted octanol–water partition coefficient (Wildman–Crippen LogP) is 1.15. The molecule has 2 saturated heterocycles. The molecule has 8 nitrogen and oxygen atoms in total. The van der Waals surface area contributed by atoms with Gasteiger partial charge >= 0.3 is 6.03 Å². The van der Waals surface area contributed by atoms with Crippen molar-refractivity contribution in [2.45, 2.75) is 38.9 Å². The first-order valence-electron chi connectivity index (χ1n) is 9.48. The molecular weight excluding hydrogens is 356 g/mol. The second kappa shape index (κ2) is 7.03. The van der Waals surface area contributed by atoms with Gasteiger partial charge in [0.15, 0.2) is 6.29 Å². The molecule has 0 spiro atoms. The Hall–Kier alpha value is -2.71. The van der Waals surface area contributed by atoms with Gasteiger partial charge < -0.3 is 4.90 Å². The summed E-state index contributed by atoms with van der Waals surface area (Å²) in [6.45, 7) is 9.11. The molecule has 3 heterocycles. The zero-order chi connectivity index (χ0) is 20.0. The van der Waals surface area contributed by atoms with Crippen molar-refractivity contribution in [3.63, 3.8) is 0 Å². The van der Waals surface area contributed by atoms with Crippen LogP contribution in [0.25, 0.3) is 0 Å². The van der Waals surface area contributed by atoms with Crippen LogP contribution in [0.15, 0.2) is 42.0 Å². The summed E-state index contributed by atoms with van der Waals surface area (Å²) in [6.07, 6.45) is 0.951. The molecule has 3 aliphatic rings. The van der Waals surface area contributed by atoms with Crippen LogP contribution < -0.4 is 5.32 Å². The number of rotatable bonds is 4. The Kier molecular flexibility index (Phi) is 4.68. The molecular formula is C20H26N6O2. The van der Waals surface area contributed by atoms with E-state index in [1.807, 2.05) is 11.9 Å². The van der Waals surface area contributed by atoms with Gasteiger partial charge in [0.25, 0.3) is 5.91 Å². The van der Waals surface area contributed by atoms with Gasteiger partial charge in [-0.15, -0.1) is 6.58 Å². The highest BCUT2D eigenvalue weighted by molar-refractivity contribution is 6.01. The normalized spacial score (nSPS) is 27.6. The zero-order valence-electron chi connectivity index (χ0n) is 16.5. The van der Waals surface area contributed by atoms with E-state index >= 15 is 0 Å². The highest BCUT2D eigenvalue weighted by Gasteiger charge is 2.56. The highest BCUT2D eigenvalue weighted by atomic mass is 16.2. The first-order chi connectivity index (χ1) is 13.4. The van der Waals surface area contributed by atoms with Gasteiger partial charge in [0.1, 0.15) is 12.2 Å². The Bertz CT molecular complexity index is 836. The molecule has 148 valence electrons. The fourth-order valence-electron chi connectivity index (χ4n) is 4.15. The summed E-state index contributed by atoms with van der Waals surface area (Å²) in [4.78, 5) is 30.7. The summed E-state index contributed by atoms with van der Waals surface area (Å²) < 4.78 is 0. The maximum atomic E-state index is 13.1. The van der Waals surface area contributed by atoms with Crippen molar-refractivity contribution in [3.05, 3.63) is 48.0 Å². The molecule has 8 heteroatoms. The van der Waals surface area contributed by atoms with Crippen molar-refractivity contribution in [1.29, 1.82) is 0 Å². The number of hydrogen-bond donors (Lipinski definition) is 1. The van der Waals surface area contributed by atoms with Crippen LogP contribution in [0.4, 0.5) is 4.79 Å². The lowest BCUT2D eigenvalue weighted by Gasteiger charge is -2.42. The number of aryl methyl sites for hydroxylation is 1. The summed E-state index contributed by atoms with van der Waals surface area (Å²) in [6, 6.07) is 7.60. The maximum absolute atomic E-state index is 13.1. The molecule has 0 radical (unpaired) electrons. The minimum Gasteiger partial charge on any atom is -0.310 e. The summed E-state index contributed by atoms with van der Waals surface area (Å²) in [5.74, 6) is -0.187. The molecule has 0 aromatic heterocycles. The fourth-order valence-corrected chi connectivity index (χ4v) is 4.15. The number of hydrogen-bond acceptors (Lipinski definition) is 6.